The fourth-order valence-corrected chi connectivity index (χ4v) is 6.01. The summed E-state index contributed by atoms with van der Waals surface area (Å²) >= 11 is 0. The summed E-state index contributed by atoms with van der Waals surface area (Å²) in [6.45, 7) is 3.19. The van der Waals surface area contributed by atoms with Crippen LogP contribution < -0.4 is 4.74 Å². The Morgan fingerprint density at radius 2 is 2.03 bits per heavy atom. The van der Waals surface area contributed by atoms with Crippen molar-refractivity contribution in [3.05, 3.63) is 64.8 Å². The Kier molecular flexibility index (Phi) is 5.20. The van der Waals surface area contributed by atoms with Crippen LogP contribution in [0, 0.1) is 12.3 Å². The highest BCUT2D eigenvalue weighted by Crippen LogP contribution is 2.60. The molecule has 0 radical (unpaired) electrons. The summed E-state index contributed by atoms with van der Waals surface area (Å²) in [7, 11) is 1.65. The third-order valence-corrected chi connectivity index (χ3v) is 7.51. The molecule has 1 aromatic heterocycles. The van der Waals surface area contributed by atoms with Crippen LogP contribution >= 0.6 is 0 Å². The molecular weight excluding hydrogens is 426 g/mol. The number of H-pyrrole nitrogens is 1. The summed E-state index contributed by atoms with van der Waals surface area (Å²) in [4.78, 5) is 17.5. The first-order valence-corrected chi connectivity index (χ1v) is 11.3. The fourth-order valence-electron chi connectivity index (χ4n) is 6.01. The number of aryl methyl sites for hydroxylation is 1. The van der Waals surface area contributed by atoms with Crippen LogP contribution in [0.2, 0.25) is 0 Å². The second-order valence-electron chi connectivity index (χ2n) is 9.68. The Balaban J connectivity index is 1.56. The molecule has 2 aromatic carbocycles. The Bertz CT molecular complexity index is 1210. The molecule has 5 nitrogen and oxygen atoms in total. The molecule has 33 heavy (non-hydrogen) atoms. The lowest BCUT2D eigenvalue weighted by Gasteiger charge is -2.55. The predicted octanol–water partition coefficient (Wildman–Crippen LogP) is 5.94. The maximum atomic E-state index is 13.9. The van der Waals surface area contributed by atoms with Gasteiger partial charge in [-0.25, -0.2) is 13.6 Å². The van der Waals surface area contributed by atoms with Crippen molar-refractivity contribution in [2.24, 2.45) is 5.41 Å². The number of piperidine rings is 1. The van der Waals surface area contributed by atoms with Gasteiger partial charge in [-0.2, -0.15) is 0 Å². The van der Waals surface area contributed by atoms with E-state index >= 15 is 0 Å². The number of aromatic carboxylic acids is 1. The number of fused-ring (bicyclic) bond motifs is 1. The first-order valence-electron chi connectivity index (χ1n) is 11.3. The molecule has 2 N–H and O–H groups in total. The van der Waals surface area contributed by atoms with Gasteiger partial charge in [-0.15, -0.1) is 0 Å². The van der Waals surface area contributed by atoms with Gasteiger partial charge in [0.1, 0.15) is 5.75 Å². The normalized spacial score (nSPS) is 21.8. The van der Waals surface area contributed by atoms with Crippen molar-refractivity contribution < 1.29 is 23.4 Å². The van der Waals surface area contributed by atoms with Crippen molar-refractivity contribution in [2.45, 2.75) is 51.1 Å². The lowest BCUT2D eigenvalue weighted by molar-refractivity contribution is -0.186. The highest BCUT2D eigenvalue weighted by Gasteiger charge is 2.58. The number of nitrogens with one attached hydrogen (secondary N) is 1. The first-order chi connectivity index (χ1) is 15.7. The molecule has 0 bridgehead atoms. The lowest BCUT2D eigenvalue weighted by atomic mass is 9.58. The van der Waals surface area contributed by atoms with Gasteiger partial charge in [0.25, 0.3) is 0 Å². The van der Waals surface area contributed by atoms with E-state index in [4.69, 9.17) is 4.74 Å². The van der Waals surface area contributed by atoms with E-state index in [0.717, 1.165) is 27.8 Å². The van der Waals surface area contributed by atoms with E-state index in [2.05, 4.69) is 9.88 Å². The number of carboxylic acids is 1. The quantitative estimate of drug-likeness (QED) is 0.501. The molecule has 1 unspecified atom stereocenters. The summed E-state index contributed by atoms with van der Waals surface area (Å²) in [6, 6.07) is 10.7. The minimum Gasteiger partial charge on any atom is -0.496 e. The summed E-state index contributed by atoms with van der Waals surface area (Å²) in [5.74, 6) is -2.83. The van der Waals surface area contributed by atoms with Crippen molar-refractivity contribution in [1.29, 1.82) is 0 Å². The SMILES string of the molecule is COc1cc(C)c2[nH]ccc2c1CN1CCC2(CC1c1ccccc1C(=O)O)CC(F)(F)C2. The van der Waals surface area contributed by atoms with E-state index < -0.39 is 17.3 Å². The summed E-state index contributed by atoms with van der Waals surface area (Å²) < 4.78 is 33.5. The summed E-state index contributed by atoms with van der Waals surface area (Å²) in [5, 5.41) is 10.9. The van der Waals surface area contributed by atoms with Crippen LogP contribution in [0.5, 0.6) is 5.75 Å². The number of aromatic nitrogens is 1. The topological polar surface area (TPSA) is 65.6 Å². The molecule has 1 atom stereocenters. The molecule has 7 heteroatoms. The number of methoxy groups -OCH3 is 1. The van der Waals surface area contributed by atoms with Gasteiger partial charge in [0, 0.05) is 48.1 Å². The number of rotatable bonds is 5. The number of nitrogens with zero attached hydrogens (tertiary/aromatic N) is 1. The molecule has 1 aliphatic carbocycles. The van der Waals surface area contributed by atoms with Crippen LogP contribution in [-0.2, 0) is 6.54 Å². The standard InChI is InChI=1S/C26H28F2N2O3/c1-16-11-22(33-2)20(18-7-9-29-23(16)18)13-30-10-8-25(14-26(27,28)15-25)12-21(30)17-5-3-4-6-19(17)24(31)32/h3-7,9,11,21,29H,8,10,12-15H2,1-2H3,(H,31,32). The summed E-state index contributed by atoms with van der Waals surface area (Å²) in [5.41, 5.74) is 3.64. The van der Waals surface area contributed by atoms with E-state index in [1.807, 2.05) is 37.4 Å². The molecule has 2 heterocycles. The molecule has 174 valence electrons. The Morgan fingerprint density at radius 1 is 1.27 bits per heavy atom. The van der Waals surface area contributed by atoms with E-state index in [1.54, 1.807) is 19.2 Å². The number of ether oxygens (including phenoxy) is 1. The fraction of sp³-hybridized carbons (Fsp3) is 0.423. The van der Waals surface area contributed by atoms with Crippen molar-refractivity contribution in [2.75, 3.05) is 13.7 Å². The van der Waals surface area contributed by atoms with Crippen LogP contribution in [0.3, 0.4) is 0 Å². The maximum absolute atomic E-state index is 13.9. The Hall–Kier alpha value is -2.93. The van der Waals surface area contributed by atoms with E-state index in [-0.39, 0.29) is 24.4 Å². The van der Waals surface area contributed by atoms with Crippen molar-refractivity contribution in [1.82, 2.24) is 9.88 Å². The van der Waals surface area contributed by atoms with Gasteiger partial charge >= 0.3 is 5.97 Å². The van der Waals surface area contributed by atoms with Gasteiger partial charge < -0.3 is 14.8 Å². The molecule has 1 saturated heterocycles. The number of hydrogen-bond donors (Lipinski definition) is 2. The third-order valence-electron chi connectivity index (χ3n) is 7.51. The molecule has 1 saturated carbocycles. The zero-order valence-corrected chi connectivity index (χ0v) is 18.8. The second-order valence-corrected chi connectivity index (χ2v) is 9.68. The zero-order valence-electron chi connectivity index (χ0n) is 18.8. The number of benzene rings is 2. The monoisotopic (exact) mass is 454 g/mol. The van der Waals surface area contributed by atoms with Crippen molar-refractivity contribution in [3.8, 4) is 5.75 Å². The Labute approximate surface area is 191 Å². The molecule has 2 aliphatic rings. The van der Waals surface area contributed by atoms with Gasteiger partial charge in [-0.05, 0) is 61.1 Å². The number of carboxylic acid groups (broad SMARTS) is 1. The number of hydrogen-bond acceptors (Lipinski definition) is 3. The van der Waals surface area contributed by atoms with Crippen molar-refractivity contribution >= 4 is 16.9 Å². The molecular formula is C26H28F2N2O3. The van der Waals surface area contributed by atoms with Gasteiger partial charge in [-0.1, -0.05) is 18.2 Å². The first kappa shape index (κ1) is 21.9. The number of likely N-dealkylation sites (tertiary alicyclic amines) is 1. The average molecular weight is 455 g/mol. The number of carbonyl (C=O) groups is 1. The Morgan fingerprint density at radius 3 is 2.73 bits per heavy atom. The molecule has 3 aromatic rings. The smallest absolute Gasteiger partial charge is 0.336 e. The predicted molar refractivity (Wildman–Crippen MR) is 122 cm³/mol. The van der Waals surface area contributed by atoms with Crippen LogP contribution in [0.1, 0.15) is 58.8 Å². The largest absolute Gasteiger partial charge is 0.496 e. The lowest BCUT2D eigenvalue weighted by Crippen LogP contribution is -2.53. The third kappa shape index (κ3) is 3.78. The average Bonchev–Trinajstić information content (AvgIpc) is 3.26. The second kappa shape index (κ2) is 7.83. The van der Waals surface area contributed by atoms with E-state index in [0.29, 0.717) is 31.5 Å². The van der Waals surface area contributed by atoms with Crippen LogP contribution in [0.4, 0.5) is 8.78 Å². The highest BCUT2D eigenvalue weighted by atomic mass is 19.3. The van der Waals surface area contributed by atoms with Gasteiger partial charge in [0.05, 0.1) is 12.7 Å². The van der Waals surface area contributed by atoms with Gasteiger partial charge in [0.15, 0.2) is 0 Å². The molecule has 1 aliphatic heterocycles. The van der Waals surface area contributed by atoms with Crippen LogP contribution in [0.25, 0.3) is 10.9 Å². The van der Waals surface area contributed by atoms with Gasteiger partial charge in [0.2, 0.25) is 5.92 Å². The summed E-state index contributed by atoms with van der Waals surface area (Å²) in [6.07, 6.45) is 2.88. The minimum atomic E-state index is -2.61. The van der Waals surface area contributed by atoms with E-state index in [9.17, 15) is 18.7 Å². The van der Waals surface area contributed by atoms with Gasteiger partial charge in [-0.3, -0.25) is 4.90 Å². The minimum absolute atomic E-state index is 0.116. The molecule has 5 rings (SSSR count). The zero-order chi connectivity index (χ0) is 23.4. The molecule has 0 amide bonds. The van der Waals surface area contributed by atoms with Crippen LogP contribution in [0.15, 0.2) is 42.6 Å². The number of halogens is 2. The van der Waals surface area contributed by atoms with E-state index in [1.165, 1.54) is 0 Å². The highest BCUT2D eigenvalue weighted by molar-refractivity contribution is 5.90. The maximum Gasteiger partial charge on any atom is 0.336 e. The molecule has 1 spiro atoms. The van der Waals surface area contributed by atoms with Crippen LogP contribution in [-0.4, -0.2) is 40.5 Å². The number of aromatic amines is 1. The van der Waals surface area contributed by atoms with Crippen molar-refractivity contribution in [3.63, 3.8) is 0 Å². The number of alkyl halides is 2. The molecule has 2 fully saturated rings.